The van der Waals surface area contributed by atoms with Crippen molar-refractivity contribution in [3.05, 3.63) is 23.4 Å². The van der Waals surface area contributed by atoms with Gasteiger partial charge in [0.05, 0.1) is 16.8 Å². The fourth-order valence-corrected chi connectivity index (χ4v) is 2.90. The van der Waals surface area contributed by atoms with E-state index in [4.69, 9.17) is 5.73 Å². The third kappa shape index (κ3) is 4.00. The molecular formula is C14H24N2S. The first kappa shape index (κ1) is 14.5. The number of hydrogen-bond donors (Lipinski definition) is 1. The van der Waals surface area contributed by atoms with E-state index in [9.17, 15) is 0 Å². The molecule has 1 aliphatic rings. The Hall–Kier alpha value is -0.540. The fraction of sp³-hybridized carbons (Fsp3) is 0.643. The largest absolute Gasteiger partial charge is 0.319 e. The average molecular weight is 252 g/mol. The van der Waals surface area contributed by atoms with Gasteiger partial charge in [-0.2, -0.15) is 0 Å². The van der Waals surface area contributed by atoms with Gasteiger partial charge in [-0.3, -0.25) is 0 Å². The van der Waals surface area contributed by atoms with Crippen LogP contribution in [-0.4, -0.2) is 16.3 Å². The maximum atomic E-state index is 6.21. The quantitative estimate of drug-likeness (QED) is 0.754. The van der Waals surface area contributed by atoms with Crippen LogP contribution in [-0.2, 0) is 0 Å². The van der Waals surface area contributed by atoms with Crippen LogP contribution in [0.3, 0.4) is 0 Å². The highest BCUT2D eigenvalue weighted by molar-refractivity contribution is 8.15. The standard InChI is InChI=1S/C14H24N2S/c1-5-7-9-12-11(4)17-14(16-12)13(15)10(3)8-6-2/h8-9,11,13H,5-7,15H2,1-4H3. The van der Waals surface area contributed by atoms with Gasteiger partial charge in [-0.25, -0.2) is 4.99 Å². The Morgan fingerprint density at radius 3 is 2.82 bits per heavy atom. The van der Waals surface area contributed by atoms with Gasteiger partial charge in [0.2, 0.25) is 0 Å². The Balaban J connectivity index is 2.77. The number of unbranched alkanes of at least 4 members (excludes halogenated alkanes) is 1. The molecule has 0 saturated carbocycles. The van der Waals surface area contributed by atoms with Gasteiger partial charge in [-0.15, -0.1) is 0 Å². The first-order valence-electron chi connectivity index (χ1n) is 6.47. The van der Waals surface area contributed by atoms with Gasteiger partial charge in [0.25, 0.3) is 0 Å². The van der Waals surface area contributed by atoms with Crippen molar-refractivity contribution in [2.45, 2.75) is 58.2 Å². The normalized spacial score (nSPS) is 25.2. The molecule has 0 aromatic heterocycles. The average Bonchev–Trinajstić information content (AvgIpc) is 2.67. The van der Waals surface area contributed by atoms with Crippen LogP contribution in [0.15, 0.2) is 28.4 Å². The highest BCUT2D eigenvalue weighted by atomic mass is 32.2. The van der Waals surface area contributed by atoms with Gasteiger partial charge >= 0.3 is 0 Å². The molecule has 2 atom stereocenters. The summed E-state index contributed by atoms with van der Waals surface area (Å²) in [5, 5.41) is 1.53. The molecule has 0 bridgehead atoms. The molecule has 2 nitrogen and oxygen atoms in total. The molecular weight excluding hydrogens is 228 g/mol. The van der Waals surface area contributed by atoms with E-state index in [2.05, 4.69) is 44.8 Å². The van der Waals surface area contributed by atoms with Crippen LogP contribution < -0.4 is 5.73 Å². The molecule has 96 valence electrons. The van der Waals surface area contributed by atoms with Gasteiger partial charge in [0.1, 0.15) is 0 Å². The highest BCUT2D eigenvalue weighted by Gasteiger charge is 2.25. The van der Waals surface area contributed by atoms with E-state index >= 15 is 0 Å². The van der Waals surface area contributed by atoms with Gasteiger partial charge in [0.15, 0.2) is 0 Å². The van der Waals surface area contributed by atoms with Crippen molar-refractivity contribution in [2.75, 3.05) is 0 Å². The monoisotopic (exact) mass is 252 g/mol. The summed E-state index contributed by atoms with van der Waals surface area (Å²) in [7, 11) is 0. The number of hydrogen-bond acceptors (Lipinski definition) is 3. The van der Waals surface area contributed by atoms with Crippen LogP contribution >= 0.6 is 11.8 Å². The van der Waals surface area contributed by atoms with Crippen molar-refractivity contribution < 1.29 is 0 Å². The molecule has 0 spiro atoms. The Morgan fingerprint density at radius 1 is 1.53 bits per heavy atom. The highest BCUT2D eigenvalue weighted by Crippen LogP contribution is 2.32. The second-order valence-electron chi connectivity index (χ2n) is 4.46. The Bertz CT molecular complexity index is 342. The lowest BCUT2D eigenvalue weighted by Crippen LogP contribution is -2.28. The van der Waals surface area contributed by atoms with E-state index in [1.54, 1.807) is 11.8 Å². The Labute approximate surface area is 109 Å². The van der Waals surface area contributed by atoms with Crippen LogP contribution in [0.1, 0.15) is 47.0 Å². The van der Waals surface area contributed by atoms with Crippen molar-refractivity contribution in [2.24, 2.45) is 10.7 Å². The van der Waals surface area contributed by atoms with E-state index in [0.29, 0.717) is 5.25 Å². The van der Waals surface area contributed by atoms with Gasteiger partial charge in [-0.05, 0) is 26.7 Å². The Kier molecular flexibility index (Phi) is 6.00. The molecule has 3 heteroatoms. The lowest BCUT2D eigenvalue weighted by atomic mass is 10.1. The molecule has 0 fully saturated rings. The number of allylic oxidation sites excluding steroid dienone is 2. The predicted molar refractivity (Wildman–Crippen MR) is 79.5 cm³/mol. The zero-order chi connectivity index (χ0) is 12.8. The summed E-state index contributed by atoms with van der Waals surface area (Å²) >= 11 is 1.80. The Morgan fingerprint density at radius 2 is 2.24 bits per heavy atom. The summed E-state index contributed by atoms with van der Waals surface area (Å²) in [6.45, 7) is 8.62. The van der Waals surface area contributed by atoms with Crippen molar-refractivity contribution in [1.82, 2.24) is 0 Å². The smallest absolute Gasteiger partial charge is 0.0951 e. The van der Waals surface area contributed by atoms with Crippen LogP contribution in [0, 0.1) is 0 Å². The SMILES string of the molecule is CCC=C(C)C(N)C1=NC(=CCCC)C(C)S1. The number of rotatable bonds is 5. The molecule has 1 rings (SSSR count). The molecule has 2 unspecified atom stereocenters. The number of thioether (sulfide) groups is 1. The topological polar surface area (TPSA) is 38.4 Å². The lowest BCUT2D eigenvalue weighted by molar-refractivity contribution is 0.932. The maximum absolute atomic E-state index is 6.21. The lowest BCUT2D eigenvalue weighted by Gasteiger charge is -2.11. The van der Waals surface area contributed by atoms with Crippen molar-refractivity contribution in [3.63, 3.8) is 0 Å². The van der Waals surface area contributed by atoms with Crippen LogP contribution in [0.4, 0.5) is 0 Å². The number of nitrogens with zero attached hydrogens (tertiary/aromatic N) is 1. The van der Waals surface area contributed by atoms with Crippen molar-refractivity contribution in [3.8, 4) is 0 Å². The molecule has 0 aromatic carbocycles. The van der Waals surface area contributed by atoms with Crippen molar-refractivity contribution in [1.29, 1.82) is 0 Å². The second-order valence-corrected chi connectivity index (χ2v) is 5.82. The minimum Gasteiger partial charge on any atom is -0.319 e. The third-order valence-electron chi connectivity index (χ3n) is 2.88. The summed E-state index contributed by atoms with van der Waals surface area (Å²) in [5.74, 6) is 0. The maximum Gasteiger partial charge on any atom is 0.0951 e. The summed E-state index contributed by atoms with van der Waals surface area (Å²) in [6.07, 6.45) is 7.75. The first-order valence-corrected chi connectivity index (χ1v) is 7.35. The molecule has 0 amide bonds. The summed E-state index contributed by atoms with van der Waals surface area (Å²) in [4.78, 5) is 4.68. The summed E-state index contributed by atoms with van der Waals surface area (Å²) in [5.41, 5.74) is 8.64. The van der Waals surface area contributed by atoms with Crippen molar-refractivity contribution >= 4 is 16.8 Å². The van der Waals surface area contributed by atoms with E-state index < -0.39 is 0 Å². The summed E-state index contributed by atoms with van der Waals surface area (Å²) in [6, 6.07) is -0.0186. The molecule has 0 radical (unpaired) electrons. The van der Waals surface area contributed by atoms with Gasteiger partial charge < -0.3 is 5.73 Å². The van der Waals surface area contributed by atoms with E-state index in [0.717, 1.165) is 17.9 Å². The number of nitrogens with two attached hydrogens (primary N) is 1. The molecule has 1 heterocycles. The minimum atomic E-state index is -0.0186. The summed E-state index contributed by atoms with van der Waals surface area (Å²) < 4.78 is 0. The molecule has 0 saturated heterocycles. The zero-order valence-electron chi connectivity index (χ0n) is 11.4. The minimum absolute atomic E-state index is 0.0186. The zero-order valence-corrected chi connectivity index (χ0v) is 12.2. The second kappa shape index (κ2) is 7.02. The molecule has 1 aliphatic heterocycles. The number of aliphatic imine (C=N–C) groups is 1. The molecule has 17 heavy (non-hydrogen) atoms. The van der Waals surface area contributed by atoms with E-state index in [-0.39, 0.29) is 6.04 Å². The first-order chi connectivity index (χ1) is 8.10. The van der Waals surface area contributed by atoms with E-state index in [1.807, 2.05) is 0 Å². The van der Waals surface area contributed by atoms with Crippen LogP contribution in [0.5, 0.6) is 0 Å². The molecule has 0 aromatic rings. The molecule has 0 aliphatic carbocycles. The van der Waals surface area contributed by atoms with Crippen LogP contribution in [0.25, 0.3) is 0 Å². The van der Waals surface area contributed by atoms with Gasteiger partial charge in [0, 0.05) is 5.25 Å². The fourth-order valence-electron chi connectivity index (χ4n) is 1.78. The predicted octanol–water partition coefficient (Wildman–Crippen LogP) is 3.89. The third-order valence-corrected chi connectivity index (χ3v) is 4.06. The molecule has 2 N–H and O–H groups in total. The van der Waals surface area contributed by atoms with E-state index in [1.165, 1.54) is 17.7 Å². The van der Waals surface area contributed by atoms with Crippen LogP contribution in [0.2, 0.25) is 0 Å². The van der Waals surface area contributed by atoms with Gasteiger partial charge in [-0.1, -0.05) is 49.8 Å².